The van der Waals surface area contributed by atoms with E-state index < -0.39 is 12.5 Å². The van der Waals surface area contributed by atoms with Gasteiger partial charge in [0.15, 0.2) is 5.76 Å². The molecular formula is C21H19F2NO4. The van der Waals surface area contributed by atoms with E-state index in [0.717, 1.165) is 5.56 Å². The van der Waals surface area contributed by atoms with E-state index in [1.807, 2.05) is 30.3 Å². The Morgan fingerprint density at radius 2 is 1.75 bits per heavy atom. The van der Waals surface area contributed by atoms with Gasteiger partial charge in [-0.25, -0.2) is 0 Å². The zero-order valence-electron chi connectivity index (χ0n) is 15.1. The summed E-state index contributed by atoms with van der Waals surface area (Å²) in [6.45, 7) is -0.903. The van der Waals surface area contributed by atoms with E-state index in [-0.39, 0.29) is 24.2 Å². The summed E-state index contributed by atoms with van der Waals surface area (Å²) >= 11 is 0. The van der Waals surface area contributed by atoms with Crippen LogP contribution >= 0.6 is 0 Å². The minimum atomic E-state index is -2.88. The number of halogens is 2. The van der Waals surface area contributed by atoms with Gasteiger partial charge in [-0.1, -0.05) is 30.3 Å². The van der Waals surface area contributed by atoms with Crippen molar-refractivity contribution < 1.29 is 27.5 Å². The zero-order chi connectivity index (χ0) is 19.9. The molecule has 1 N–H and O–H groups in total. The average molecular weight is 387 g/mol. The SMILES string of the molecule is CC(NC(=O)c1occc1COc1ccccc1)c1ccc(OC(F)F)cc1. The molecule has 0 fully saturated rings. The highest BCUT2D eigenvalue weighted by atomic mass is 19.3. The van der Waals surface area contributed by atoms with Crippen LogP contribution in [0.1, 0.15) is 34.6 Å². The van der Waals surface area contributed by atoms with Gasteiger partial charge in [-0.2, -0.15) is 8.78 Å². The van der Waals surface area contributed by atoms with Gasteiger partial charge in [0.2, 0.25) is 0 Å². The molecule has 1 amide bonds. The summed E-state index contributed by atoms with van der Waals surface area (Å²) in [7, 11) is 0. The molecular weight excluding hydrogens is 368 g/mol. The second kappa shape index (κ2) is 9.03. The molecule has 3 aromatic rings. The smallest absolute Gasteiger partial charge is 0.387 e. The Hall–Kier alpha value is -3.35. The van der Waals surface area contributed by atoms with Crippen molar-refractivity contribution in [1.82, 2.24) is 5.32 Å². The highest BCUT2D eigenvalue weighted by Gasteiger charge is 2.19. The second-order valence-electron chi connectivity index (χ2n) is 6.02. The number of alkyl halides is 2. The number of carbonyl (C=O) groups is 1. The van der Waals surface area contributed by atoms with E-state index in [0.29, 0.717) is 11.3 Å². The van der Waals surface area contributed by atoms with Gasteiger partial charge in [-0.3, -0.25) is 4.79 Å². The molecule has 1 atom stereocenters. The van der Waals surface area contributed by atoms with Crippen LogP contribution in [-0.4, -0.2) is 12.5 Å². The van der Waals surface area contributed by atoms with Crippen LogP contribution in [0.5, 0.6) is 11.5 Å². The number of nitrogens with one attached hydrogen (secondary N) is 1. The average Bonchev–Trinajstić information content (AvgIpc) is 3.16. The van der Waals surface area contributed by atoms with Crippen LogP contribution in [-0.2, 0) is 6.61 Å². The van der Waals surface area contributed by atoms with Crippen molar-refractivity contribution in [3.8, 4) is 11.5 Å². The van der Waals surface area contributed by atoms with Crippen LogP contribution in [0.4, 0.5) is 8.78 Å². The molecule has 0 bridgehead atoms. The van der Waals surface area contributed by atoms with Crippen molar-refractivity contribution >= 4 is 5.91 Å². The minimum Gasteiger partial charge on any atom is -0.489 e. The maximum absolute atomic E-state index is 12.5. The van der Waals surface area contributed by atoms with Gasteiger partial charge >= 0.3 is 6.61 Å². The molecule has 0 aliphatic rings. The van der Waals surface area contributed by atoms with E-state index in [1.54, 1.807) is 25.1 Å². The van der Waals surface area contributed by atoms with Crippen molar-refractivity contribution in [1.29, 1.82) is 0 Å². The fraction of sp³-hybridized carbons (Fsp3) is 0.190. The van der Waals surface area contributed by atoms with Gasteiger partial charge < -0.3 is 19.2 Å². The van der Waals surface area contributed by atoms with Gasteiger partial charge in [0.05, 0.1) is 12.3 Å². The third kappa shape index (κ3) is 5.09. The summed E-state index contributed by atoms with van der Waals surface area (Å²) in [4.78, 5) is 12.5. The molecule has 0 spiro atoms. The molecule has 1 unspecified atom stereocenters. The van der Waals surface area contributed by atoms with E-state index in [9.17, 15) is 13.6 Å². The maximum Gasteiger partial charge on any atom is 0.387 e. The number of ether oxygens (including phenoxy) is 2. The van der Waals surface area contributed by atoms with Crippen molar-refractivity contribution in [2.24, 2.45) is 0 Å². The number of rotatable bonds is 8. The number of carbonyl (C=O) groups excluding carboxylic acids is 1. The Kier molecular flexibility index (Phi) is 6.26. The molecule has 0 saturated carbocycles. The summed E-state index contributed by atoms with van der Waals surface area (Å²) in [5.74, 6) is 0.524. The molecule has 5 nitrogen and oxygen atoms in total. The fourth-order valence-electron chi connectivity index (χ4n) is 2.61. The predicted molar refractivity (Wildman–Crippen MR) is 98.4 cm³/mol. The number of furan rings is 1. The van der Waals surface area contributed by atoms with E-state index in [1.165, 1.54) is 18.4 Å². The molecule has 2 aromatic carbocycles. The first-order valence-corrected chi connectivity index (χ1v) is 8.63. The van der Waals surface area contributed by atoms with E-state index in [2.05, 4.69) is 10.1 Å². The molecule has 1 aromatic heterocycles. The fourth-order valence-corrected chi connectivity index (χ4v) is 2.61. The number of amides is 1. The van der Waals surface area contributed by atoms with Crippen LogP contribution in [0.25, 0.3) is 0 Å². The number of benzene rings is 2. The summed E-state index contributed by atoms with van der Waals surface area (Å²) in [6, 6.07) is 16.7. The first-order valence-electron chi connectivity index (χ1n) is 8.63. The van der Waals surface area contributed by atoms with Crippen LogP contribution in [0, 0.1) is 0 Å². The third-order valence-corrected chi connectivity index (χ3v) is 4.04. The molecule has 0 aliphatic heterocycles. The lowest BCUT2D eigenvalue weighted by Gasteiger charge is -2.15. The second-order valence-corrected chi connectivity index (χ2v) is 6.02. The van der Waals surface area contributed by atoms with Crippen molar-refractivity contribution in [2.75, 3.05) is 0 Å². The summed E-state index contributed by atoms with van der Waals surface area (Å²) in [6.07, 6.45) is 1.43. The minimum absolute atomic E-state index is 0.0589. The van der Waals surface area contributed by atoms with E-state index >= 15 is 0 Å². The molecule has 3 rings (SSSR count). The lowest BCUT2D eigenvalue weighted by Crippen LogP contribution is -2.27. The van der Waals surface area contributed by atoms with Crippen molar-refractivity contribution in [3.05, 3.63) is 83.8 Å². The predicted octanol–water partition coefficient (Wildman–Crippen LogP) is 4.95. The molecule has 28 heavy (non-hydrogen) atoms. The monoisotopic (exact) mass is 387 g/mol. The summed E-state index contributed by atoms with van der Waals surface area (Å²) in [5, 5.41) is 2.82. The van der Waals surface area contributed by atoms with Gasteiger partial charge in [0, 0.05) is 5.56 Å². The number of hydrogen-bond donors (Lipinski definition) is 1. The molecule has 0 saturated heterocycles. The summed E-state index contributed by atoms with van der Waals surface area (Å²) in [5.41, 5.74) is 1.36. The Labute approximate surface area is 160 Å². The lowest BCUT2D eigenvalue weighted by molar-refractivity contribution is -0.0498. The Morgan fingerprint density at radius 1 is 1.04 bits per heavy atom. The van der Waals surface area contributed by atoms with Gasteiger partial charge in [0.25, 0.3) is 5.91 Å². The van der Waals surface area contributed by atoms with Gasteiger partial charge in [0.1, 0.15) is 18.1 Å². The van der Waals surface area contributed by atoms with Crippen LogP contribution in [0.15, 0.2) is 71.3 Å². The molecule has 7 heteroatoms. The Bertz CT molecular complexity index is 894. The molecule has 146 valence electrons. The maximum atomic E-state index is 12.5. The lowest BCUT2D eigenvalue weighted by atomic mass is 10.1. The number of hydrogen-bond acceptors (Lipinski definition) is 4. The normalized spacial score (nSPS) is 11.9. The molecule has 0 radical (unpaired) electrons. The van der Waals surface area contributed by atoms with Crippen LogP contribution in [0.3, 0.4) is 0 Å². The summed E-state index contributed by atoms with van der Waals surface area (Å²) < 4.78 is 39.7. The van der Waals surface area contributed by atoms with Crippen LogP contribution < -0.4 is 14.8 Å². The zero-order valence-corrected chi connectivity index (χ0v) is 15.1. The first kappa shape index (κ1) is 19.4. The highest BCUT2D eigenvalue weighted by Crippen LogP contribution is 2.21. The Balaban J connectivity index is 1.61. The number of para-hydroxylation sites is 1. The topological polar surface area (TPSA) is 60.7 Å². The van der Waals surface area contributed by atoms with Gasteiger partial charge in [-0.05, 0) is 42.8 Å². The van der Waals surface area contributed by atoms with Crippen molar-refractivity contribution in [2.45, 2.75) is 26.2 Å². The van der Waals surface area contributed by atoms with Gasteiger partial charge in [-0.15, -0.1) is 0 Å². The quantitative estimate of drug-likeness (QED) is 0.594. The molecule has 0 aliphatic carbocycles. The standard InChI is InChI=1S/C21H19F2NO4/c1-14(15-7-9-18(10-8-15)28-21(22)23)24-20(25)19-16(11-12-26-19)13-27-17-5-3-2-4-6-17/h2-12,14,21H,13H2,1H3,(H,24,25). The highest BCUT2D eigenvalue weighted by molar-refractivity contribution is 5.93. The van der Waals surface area contributed by atoms with Crippen molar-refractivity contribution in [3.63, 3.8) is 0 Å². The third-order valence-electron chi connectivity index (χ3n) is 4.04. The first-order chi connectivity index (χ1) is 13.5. The molecule has 1 heterocycles. The largest absolute Gasteiger partial charge is 0.489 e. The van der Waals surface area contributed by atoms with E-state index in [4.69, 9.17) is 9.15 Å². The van der Waals surface area contributed by atoms with Crippen LogP contribution in [0.2, 0.25) is 0 Å². The Morgan fingerprint density at radius 3 is 2.43 bits per heavy atom.